The van der Waals surface area contributed by atoms with Gasteiger partial charge in [-0.25, -0.2) is 0 Å². The van der Waals surface area contributed by atoms with Gasteiger partial charge in [-0.2, -0.15) is 0 Å². The van der Waals surface area contributed by atoms with Gasteiger partial charge < -0.3 is 19.9 Å². The Morgan fingerprint density at radius 3 is 2.05 bits per heavy atom. The van der Waals surface area contributed by atoms with Crippen LogP contribution in [0.4, 0.5) is 0 Å². The molecule has 2 N–H and O–H groups in total. The molecule has 1 heterocycles. The molecule has 0 bridgehead atoms. The number of methoxy groups -OCH3 is 2. The van der Waals surface area contributed by atoms with E-state index in [2.05, 4.69) is 5.32 Å². The summed E-state index contributed by atoms with van der Waals surface area (Å²) in [5.74, 6) is 1.54. The van der Waals surface area contributed by atoms with Crippen LogP contribution in [0.2, 0.25) is 0 Å². The molecule has 0 aromatic heterocycles. The summed E-state index contributed by atoms with van der Waals surface area (Å²) in [6.07, 6.45) is 1.44. The lowest BCUT2D eigenvalue weighted by Crippen LogP contribution is -2.46. The van der Waals surface area contributed by atoms with Crippen LogP contribution in [0.15, 0.2) is 18.2 Å². The SMILES string of the molecule is COc1cc(OC)cc(C2(C(C)O)CCNCC2)c1. The van der Waals surface area contributed by atoms with Crippen LogP contribution in [0.25, 0.3) is 0 Å². The van der Waals surface area contributed by atoms with E-state index in [4.69, 9.17) is 9.47 Å². The van der Waals surface area contributed by atoms with E-state index in [1.807, 2.05) is 25.1 Å². The molecule has 1 aliphatic heterocycles. The monoisotopic (exact) mass is 265 g/mol. The summed E-state index contributed by atoms with van der Waals surface area (Å²) in [4.78, 5) is 0. The lowest BCUT2D eigenvalue weighted by Gasteiger charge is -2.41. The van der Waals surface area contributed by atoms with Gasteiger partial charge in [0.25, 0.3) is 0 Å². The average Bonchev–Trinajstić information content (AvgIpc) is 2.47. The quantitative estimate of drug-likeness (QED) is 0.870. The van der Waals surface area contributed by atoms with E-state index in [0.717, 1.165) is 43.0 Å². The smallest absolute Gasteiger partial charge is 0.122 e. The highest BCUT2D eigenvalue weighted by Gasteiger charge is 2.39. The molecular formula is C15H23NO3. The van der Waals surface area contributed by atoms with E-state index >= 15 is 0 Å². The number of hydrogen-bond acceptors (Lipinski definition) is 4. The van der Waals surface area contributed by atoms with Gasteiger partial charge in [0.15, 0.2) is 0 Å². The van der Waals surface area contributed by atoms with Crippen molar-refractivity contribution in [3.05, 3.63) is 23.8 Å². The molecule has 0 spiro atoms. The van der Waals surface area contributed by atoms with Gasteiger partial charge in [0, 0.05) is 11.5 Å². The second-order valence-electron chi connectivity index (χ2n) is 5.18. The molecule has 4 nitrogen and oxygen atoms in total. The van der Waals surface area contributed by atoms with Gasteiger partial charge in [-0.15, -0.1) is 0 Å². The molecule has 106 valence electrons. The summed E-state index contributed by atoms with van der Waals surface area (Å²) in [6.45, 7) is 3.71. The van der Waals surface area contributed by atoms with E-state index in [1.54, 1.807) is 14.2 Å². The van der Waals surface area contributed by atoms with E-state index in [-0.39, 0.29) is 5.41 Å². The highest BCUT2D eigenvalue weighted by atomic mass is 16.5. The Labute approximate surface area is 114 Å². The van der Waals surface area contributed by atoms with Gasteiger partial charge in [0.2, 0.25) is 0 Å². The van der Waals surface area contributed by atoms with E-state index in [9.17, 15) is 5.11 Å². The average molecular weight is 265 g/mol. The standard InChI is InChI=1S/C15H23NO3/c1-11(17)15(4-6-16-7-5-15)12-8-13(18-2)10-14(9-12)19-3/h8-11,16-17H,4-7H2,1-3H3. The highest BCUT2D eigenvalue weighted by molar-refractivity contribution is 5.43. The van der Waals surface area contributed by atoms with Gasteiger partial charge in [0.1, 0.15) is 11.5 Å². The minimum absolute atomic E-state index is 0.215. The number of aliphatic hydroxyl groups is 1. The van der Waals surface area contributed by atoms with Crippen molar-refractivity contribution >= 4 is 0 Å². The normalized spacial score (nSPS) is 19.8. The fourth-order valence-corrected chi connectivity index (χ4v) is 2.92. The lowest BCUT2D eigenvalue weighted by molar-refractivity contribution is 0.0729. The van der Waals surface area contributed by atoms with E-state index < -0.39 is 6.10 Å². The van der Waals surface area contributed by atoms with Crippen LogP contribution in [-0.4, -0.2) is 38.5 Å². The van der Waals surface area contributed by atoms with Crippen LogP contribution < -0.4 is 14.8 Å². The largest absolute Gasteiger partial charge is 0.497 e. The molecule has 0 radical (unpaired) electrons. The molecule has 1 aromatic carbocycles. The molecule has 1 fully saturated rings. The molecule has 4 heteroatoms. The minimum atomic E-state index is -0.397. The Hall–Kier alpha value is -1.26. The van der Waals surface area contributed by atoms with Crippen molar-refractivity contribution in [2.24, 2.45) is 0 Å². The lowest BCUT2D eigenvalue weighted by atomic mass is 9.69. The summed E-state index contributed by atoms with van der Waals surface area (Å²) in [6, 6.07) is 5.89. The van der Waals surface area contributed by atoms with Crippen molar-refractivity contribution in [1.82, 2.24) is 5.32 Å². The number of aliphatic hydroxyl groups excluding tert-OH is 1. The van der Waals surface area contributed by atoms with Crippen LogP contribution in [0, 0.1) is 0 Å². The number of benzene rings is 1. The molecule has 0 aliphatic carbocycles. The molecular weight excluding hydrogens is 242 g/mol. The van der Waals surface area contributed by atoms with Crippen molar-refractivity contribution < 1.29 is 14.6 Å². The Morgan fingerprint density at radius 2 is 1.63 bits per heavy atom. The molecule has 1 aromatic rings. The zero-order valence-electron chi connectivity index (χ0n) is 11.9. The maximum atomic E-state index is 10.3. The van der Waals surface area contributed by atoms with E-state index in [1.165, 1.54) is 0 Å². The summed E-state index contributed by atoms with van der Waals surface area (Å²) >= 11 is 0. The number of ether oxygens (including phenoxy) is 2. The third-order valence-corrected chi connectivity index (χ3v) is 4.22. The van der Waals surface area contributed by atoms with Gasteiger partial charge in [-0.1, -0.05) is 0 Å². The van der Waals surface area contributed by atoms with Crippen LogP contribution in [-0.2, 0) is 5.41 Å². The molecule has 1 atom stereocenters. The molecule has 19 heavy (non-hydrogen) atoms. The zero-order chi connectivity index (χ0) is 13.9. The molecule has 2 rings (SSSR count). The number of nitrogens with one attached hydrogen (secondary N) is 1. The fourth-order valence-electron chi connectivity index (χ4n) is 2.92. The second kappa shape index (κ2) is 5.80. The number of piperidine rings is 1. The summed E-state index contributed by atoms with van der Waals surface area (Å²) in [7, 11) is 3.30. The molecule has 0 amide bonds. The Morgan fingerprint density at radius 1 is 1.11 bits per heavy atom. The summed E-state index contributed by atoms with van der Waals surface area (Å²) in [5.41, 5.74) is 0.882. The number of hydrogen-bond donors (Lipinski definition) is 2. The summed E-state index contributed by atoms with van der Waals surface area (Å²) in [5, 5.41) is 13.6. The molecule has 1 unspecified atom stereocenters. The predicted molar refractivity (Wildman–Crippen MR) is 75.0 cm³/mol. The van der Waals surface area contributed by atoms with Crippen molar-refractivity contribution in [3.63, 3.8) is 0 Å². The number of rotatable bonds is 4. The zero-order valence-corrected chi connectivity index (χ0v) is 11.9. The van der Waals surface area contributed by atoms with Gasteiger partial charge in [0.05, 0.1) is 20.3 Å². The Kier molecular flexibility index (Phi) is 4.32. The molecule has 0 saturated carbocycles. The molecule has 1 aliphatic rings. The first-order valence-electron chi connectivity index (χ1n) is 6.75. The predicted octanol–water partition coefficient (Wildman–Crippen LogP) is 1.71. The maximum absolute atomic E-state index is 10.3. The van der Waals surface area contributed by atoms with Crippen molar-refractivity contribution in [3.8, 4) is 11.5 Å². The first kappa shape index (κ1) is 14.2. The first-order valence-corrected chi connectivity index (χ1v) is 6.75. The summed E-state index contributed by atoms with van der Waals surface area (Å²) < 4.78 is 10.7. The Bertz CT molecular complexity index is 403. The van der Waals surface area contributed by atoms with Gasteiger partial charge in [-0.3, -0.25) is 0 Å². The van der Waals surface area contributed by atoms with Crippen molar-refractivity contribution in [1.29, 1.82) is 0 Å². The van der Waals surface area contributed by atoms with Crippen LogP contribution >= 0.6 is 0 Å². The highest BCUT2D eigenvalue weighted by Crippen LogP contribution is 2.40. The van der Waals surface area contributed by atoms with Gasteiger partial charge in [-0.05, 0) is 50.6 Å². The third-order valence-electron chi connectivity index (χ3n) is 4.22. The van der Waals surface area contributed by atoms with Gasteiger partial charge >= 0.3 is 0 Å². The third kappa shape index (κ3) is 2.69. The molecule has 1 saturated heterocycles. The second-order valence-corrected chi connectivity index (χ2v) is 5.18. The van der Waals surface area contributed by atoms with Crippen molar-refractivity contribution in [2.75, 3.05) is 27.3 Å². The van der Waals surface area contributed by atoms with E-state index in [0.29, 0.717) is 0 Å². The minimum Gasteiger partial charge on any atom is -0.497 e. The first-order chi connectivity index (χ1) is 9.12. The Balaban J connectivity index is 2.46. The maximum Gasteiger partial charge on any atom is 0.122 e. The fraction of sp³-hybridized carbons (Fsp3) is 0.600. The van der Waals surface area contributed by atoms with Crippen molar-refractivity contribution in [2.45, 2.75) is 31.3 Å². The topological polar surface area (TPSA) is 50.7 Å². The van der Waals surface area contributed by atoms with Crippen LogP contribution in [0.5, 0.6) is 11.5 Å². The van der Waals surface area contributed by atoms with Crippen LogP contribution in [0.1, 0.15) is 25.3 Å². The van der Waals surface area contributed by atoms with Crippen LogP contribution in [0.3, 0.4) is 0 Å².